The zero-order valence-corrected chi connectivity index (χ0v) is 15.1. The fourth-order valence-electron chi connectivity index (χ4n) is 2.63. The zero-order chi connectivity index (χ0) is 17.6. The summed E-state index contributed by atoms with van der Waals surface area (Å²) in [5, 5.41) is 3.39. The van der Waals surface area contributed by atoms with E-state index < -0.39 is 0 Å². The monoisotopic (exact) mass is 354 g/mol. The second-order valence-electron chi connectivity index (χ2n) is 5.98. The molecule has 130 valence electrons. The van der Waals surface area contributed by atoms with E-state index in [1.54, 1.807) is 0 Å². The van der Waals surface area contributed by atoms with E-state index in [0.717, 1.165) is 34.9 Å². The Morgan fingerprint density at radius 3 is 2.56 bits per heavy atom. The number of ether oxygens (including phenoxy) is 1. The highest BCUT2D eigenvalue weighted by molar-refractivity contribution is 8.04. The van der Waals surface area contributed by atoms with Crippen molar-refractivity contribution in [1.29, 1.82) is 0 Å². The Balaban J connectivity index is 1.47. The van der Waals surface area contributed by atoms with Crippen LogP contribution in [0.1, 0.15) is 23.7 Å². The molecule has 1 fully saturated rings. The fraction of sp³-hybridized carbons (Fsp3) is 0.300. The number of pyridine rings is 1. The highest BCUT2D eigenvalue weighted by Crippen LogP contribution is 2.28. The third-order valence-electron chi connectivity index (χ3n) is 4.11. The summed E-state index contributed by atoms with van der Waals surface area (Å²) in [7, 11) is 0. The molecular formula is C20H22N2O2S. The van der Waals surface area contributed by atoms with Crippen molar-refractivity contribution in [3.63, 3.8) is 0 Å². The van der Waals surface area contributed by atoms with Crippen LogP contribution in [0.3, 0.4) is 0 Å². The minimum atomic E-state index is -0.0866. The van der Waals surface area contributed by atoms with Crippen LogP contribution in [0.4, 0.5) is 0 Å². The molecule has 0 spiro atoms. The van der Waals surface area contributed by atoms with Crippen LogP contribution in [0.2, 0.25) is 0 Å². The Kier molecular flexibility index (Phi) is 5.76. The van der Waals surface area contributed by atoms with Gasteiger partial charge in [0.05, 0.1) is 16.9 Å². The minimum absolute atomic E-state index is 0.0388. The molecule has 1 aromatic carbocycles. The number of amides is 1. The first-order valence-corrected chi connectivity index (χ1v) is 9.34. The van der Waals surface area contributed by atoms with Crippen molar-refractivity contribution in [2.24, 2.45) is 0 Å². The van der Waals surface area contributed by atoms with Gasteiger partial charge in [0.15, 0.2) is 0 Å². The summed E-state index contributed by atoms with van der Waals surface area (Å²) >= 11 is 1.49. The quantitative estimate of drug-likeness (QED) is 0.827. The van der Waals surface area contributed by atoms with Crippen molar-refractivity contribution in [3.8, 4) is 5.75 Å². The van der Waals surface area contributed by atoms with E-state index in [0.29, 0.717) is 13.0 Å². The van der Waals surface area contributed by atoms with Crippen LogP contribution in [-0.4, -0.2) is 22.7 Å². The Hall–Kier alpha value is -2.27. The molecule has 0 bridgehead atoms. The van der Waals surface area contributed by atoms with Crippen molar-refractivity contribution >= 4 is 17.7 Å². The molecular weight excluding hydrogens is 332 g/mol. The maximum atomic E-state index is 11.7. The maximum absolute atomic E-state index is 11.7. The lowest BCUT2D eigenvalue weighted by Gasteiger charge is -2.09. The van der Waals surface area contributed by atoms with Crippen LogP contribution < -0.4 is 10.1 Å². The van der Waals surface area contributed by atoms with E-state index >= 15 is 0 Å². The van der Waals surface area contributed by atoms with Crippen LogP contribution in [0.25, 0.3) is 0 Å². The van der Waals surface area contributed by atoms with Gasteiger partial charge in [0.1, 0.15) is 5.75 Å². The van der Waals surface area contributed by atoms with E-state index in [1.165, 1.54) is 17.3 Å². The van der Waals surface area contributed by atoms with Gasteiger partial charge in [0, 0.05) is 18.3 Å². The zero-order valence-electron chi connectivity index (χ0n) is 14.3. The predicted octanol–water partition coefficient (Wildman–Crippen LogP) is 3.51. The van der Waals surface area contributed by atoms with Gasteiger partial charge in [-0.2, -0.15) is 0 Å². The van der Waals surface area contributed by atoms with Gasteiger partial charge in [-0.15, -0.1) is 0 Å². The molecule has 0 radical (unpaired) electrons. The number of nitrogens with zero attached hydrogens (tertiary/aromatic N) is 1. The van der Waals surface area contributed by atoms with Gasteiger partial charge < -0.3 is 10.1 Å². The number of carbonyl (C=O) groups is 1. The van der Waals surface area contributed by atoms with Gasteiger partial charge in [-0.1, -0.05) is 43.5 Å². The largest absolute Gasteiger partial charge is 0.493 e. The average Bonchev–Trinajstić information content (AvgIpc) is 2.94. The lowest BCUT2D eigenvalue weighted by Crippen LogP contribution is -2.23. The number of thioether (sulfide) groups is 1. The van der Waals surface area contributed by atoms with Gasteiger partial charge >= 0.3 is 0 Å². The molecule has 0 aliphatic carbocycles. The Morgan fingerprint density at radius 2 is 1.96 bits per heavy atom. The van der Waals surface area contributed by atoms with Gasteiger partial charge in [-0.05, 0) is 42.2 Å². The van der Waals surface area contributed by atoms with Crippen LogP contribution in [-0.2, 0) is 24.1 Å². The molecule has 0 saturated carbocycles. The first kappa shape index (κ1) is 17.5. The predicted molar refractivity (Wildman–Crippen MR) is 102 cm³/mol. The van der Waals surface area contributed by atoms with Gasteiger partial charge in [-0.25, -0.2) is 0 Å². The average molecular weight is 354 g/mol. The Labute approximate surface area is 152 Å². The summed E-state index contributed by atoms with van der Waals surface area (Å²) in [5.41, 5.74) is 3.41. The van der Waals surface area contributed by atoms with E-state index in [9.17, 15) is 4.79 Å². The minimum Gasteiger partial charge on any atom is -0.493 e. The lowest BCUT2D eigenvalue weighted by atomic mass is 10.1. The topological polar surface area (TPSA) is 51.2 Å². The van der Waals surface area contributed by atoms with Gasteiger partial charge in [0.25, 0.3) is 0 Å². The molecule has 2 aromatic rings. The Morgan fingerprint density at radius 1 is 1.20 bits per heavy atom. The molecule has 1 aliphatic heterocycles. The number of nitrogens with one attached hydrogen (secondary N) is 1. The summed E-state index contributed by atoms with van der Waals surface area (Å²) < 4.78 is 5.79. The molecule has 1 atom stereocenters. The first-order chi connectivity index (χ1) is 12.1. The summed E-state index contributed by atoms with van der Waals surface area (Å²) in [6.07, 6.45) is 4.41. The number of hydrogen-bond donors (Lipinski definition) is 1. The highest BCUT2D eigenvalue weighted by atomic mass is 32.2. The number of carbonyl (C=O) groups excluding carboxylic acids is 1. The normalized spacial score (nSPS) is 16.8. The van der Waals surface area contributed by atoms with E-state index in [4.69, 9.17) is 4.74 Å². The van der Waals surface area contributed by atoms with E-state index in [-0.39, 0.29) is 11.2 Å². The van der Waals surface area contributed by atoms with Gasteiger partial charge in [0.2, 0.25) is 5.91 Å². The number of aryl methyl sites for hydroxylation is 1. The standard InChI is InChI=1S/C20H22N2O2S/c1-3-15-4-7-17(21-13-15)10-11-24-18-8-5-16(6-9-18)12-19-20(23)22-14(2)25-19/h4-9,13,19H,2-3,10-12H2,1H3,(H,22,23). The summed E-state index contributed by atoms with van der Waals surface area (Å²) in [6.45, 7) is 6.50. The van der Waals surface area contributed by atoms with Crippen molar-refractivity contribution in [2.45, 2.75) is 31.4 Å². The summed E-state index contributed by atoms with van der Waals surface area (Å²) in [6, 6.07) is 12.1. The number of aromatic nitrogens is 1. The van der Waals surface area contributed by atoms with Gasteiger partial charge in [-0.3, -0.25) is 9.78 Å². The van der Waals surface area contributed by atoms with Crippen molar-refractivity contribution in [1.82, 2.24) is 10.3 Å². The lowest BCUT2D eigenvalue weighted by molar-refractivity contribution is -0.119. The third-order valence-corrected chi connectivity index (χ3v) is 5.16. The molecule has 1 amide bonds. The molecule has 4 nitrogen and oxygen atoms in total. The molecule has 25 heavy (non-hydrogen) atoms. The Bertz CT molecular complexity index is 741. The van der Waals surface area contributed by atoms with Crippen LogP contribution in [0, 0.1) is 0 Å². The SMILES string of the molecule is C=C1NC(=O)C(Cc2ccc(OCCc3ccc(CC)cn3)cc2)S1. The number of benzene rings is 1. The molecule has 1 saturated heterocycles. The van der Waals surface area contributed by atoms with Crippen molar-refractivity contribution in [2.75, 3.05) is 6.61 Å². The highest BCUT2D eigenvalue weighted by Gasteiger charge is 2.27. The molecule has 1 aromatic heterocycles. The fourth-order valence-corrected chi connectivity index (χ4v) is 3.57. The molecule has 2 heterocycles. The molecule has 3 rings (SSSR count). The van der Waals surface area contributed by atoms with E-state index in [1.807, 2.05) is 30.5 Å². The van der Waals surface area contributed by atoms with E-state index in [2.05, 4.69) is 35.9 Å². The first-order valence-electron chi connectivity index (χ1n) is 8.46. The molecule has 1 aliphatic rings. The third kappa shape index (κ3) is 4.86. The summed E-state index contributed by atoms with van der Waals surface area (Å²) in [5.74, 6) is 0.874. The van der Waals surface area contributed by atoms with Crippen molar-refractivity contribution < 1.29 is 9.53 Å². The molecule has 1 unspecified atom stereocenters. The van der Waals surface area contributed by atoms with Crippen molar-refractivity contribution in [3.05, 3.63) is 71.0 Å². The summed E-state index contributed by atoms with van der Waals surface area (Å²) in [4.78, 5) is 16.2. The number of rotatable bonds is 7. The van der Waals surface area contributed by atoms with Crippen LogP contribution in [0.15, 0.2) is 54.2 Å². The molecule has 1 N–H and O–H groups in total. The van der Waals surface area contributed by atoms with Crippen LogP contribution >= 0.6 is 11.8 Å². The smallest absolute Gasteiger partial charge is 0.238 e. The van der Waals surface area contributed by atoms with Crippen LogP contribution in [0.5, 0.6) is 5.75 Å². The number of hydrogen-bond acceptors (Lipinski definition) is 4. The second-order valence-corrected chi connectivity index (χ2v) is 7.27. The molecule has 5 heteroatoms. The maximum Gasteiger partial charge on any atom is 0.238 e. The second kappa shape index (κ2) is 8.21.